The zero-order chi connectivity index (χ0) is 28.8. The number of rotatable bonds is 5. The van der Waals surface area contributed by atoms with Gasteiger partial charge in [0.1, 0.15) is 0 Å². The molecule has 4 aromatic rings. The number of hydrogen-bond acceptors (Lipinski definition) is 0. The topological polar surface area (TPSA) is 0 Å². The maximum absolute atomic E-state index is 7.01. The third-order valence-corrected chi connectivity index (χ3v) is 10.4. The van der Waals surface area contributed by atoms with Crippen molar-refractivity contribution in [3.8, 4) is 22.3 Å². The Morgan fingerprint density at radius 3 is 1.38 bits per heavy atom. The van der Waals surface area contributed by atoms with Gasteiger partial charge in [0, 0.05) is 5.41 Å². The molecule has 0 bridgehead atoms. The fraction of sp³-hybridized carbons (Fsp3) is 0.385. The molecule has 0 fully saturated rings. The summed E-state index contributed by atoms with van der Waals surface area (Å²) in [5.74, 6) is 0. The molecule has 40 heavy (non-hydrogen) atoms. The minimum absolute atomic E-state index is 0.0253. The number of benzene rings is 4. The van der Waals surface area contributed by atoms with E-state index in [9.17, 15) is 0 Å². The van der Waals surface area contributed by atoms with Crippen molar-refractivity contribution in [3.63, 3.8) is 0 Å². The molecule has 4 aromatic carbocycles. The molecule has 1 unspecified atom stereocenters. The van der Waals surface area contributed by atoms with E-state index in [1.807, 2.05) is 0 Å². The van der Waals surface area contributed by atoms with E-state index < -0.39 is 5.31 Å². The highest BCUT2D eigenvalue weighted by Crippen LogP contribution is 2.51. The summed E-state index contributed by atoms with van der Waals surface area (Å²) in [4.78, 5) is 0. The van der Waals surface area contributed by atoms with E-state index in [-0.39, 0.29) is 16.2 Å². The Labute approximate surface area is 243 Å². The van der Waals surface area contributed by atoms with E-state index in [1.165, 1.54) is 66.8 Å². The Morgan fingerprint density at radius 1 is 0.525 bits per heavy atom. The van der Waals surface area contributed by atoms with Crippen LogP contribution < -0.4 is 0 Å². The second-order valence-electron chi connectivity index (χ2n) is 14.7. The lowest BCUT2D eigenvalue weighted by molar-refractivity contribution is 0.374. The molecule has 0 saturated carbocycles. The summed E-state index contributed by atoms with van der Waals surface area (Å²) in [6.45, 7) is 20.9. The molecule has 2 radical (unpaired) electrons. The molecule has 0 aliphatic heterocycles. The molecule has 6 rings (SSSR count). The highest BCUT2D eigenvalue weighted by atomic mass is 14.4. The van der Waals surface area contributed by atoms with Gasteiger partial charge >= 0.3 is 0 Å². The smallest absolute Gasteiger partial charge is 0.0596 e. The first-order chi connectivity index (χ1) is 18.6. The van der Waals surface area contributed by atoms with Crippen LogP contribution in [-0.4, -0.2) is 7.85 Å². The normalized spacial score (nSPS) is 18.7. The average Bonchev–Trinajstić information content (AvgIpc) is 3.26. The molecule has 0 N–H and O–H groups in total. The summed E-state index contributed by atoms with van der Waals surface area (Å²) in [6.07, 6.45) is 2.22. The molecule has 1 atom stereocenters. The molecule has 202 valence electrons. The molecular weight excluding hydrogens is 479 g/mol. The third-order valence-electron chi connectivity index (χ3n) is 10.4. The van der Waals surface area contributed by atoms with Gasteiger partial charge in [0.05, 0.1) is 7.85 Å². The van der Waals surface area contributed by atoms with Gasteiger partial charge in [0.2, 0.25) is 0 Å². The Bertz CT molecular complexity index is 1540. The zero-order valence-corrected chi connectivity index (χ0v) is 25.9. The fourth-order valence-corrected chi connectivity index (χ4v) is 7.28. The Hall–Kier alpha value is -3.06. The van der Waals surface area contributed by atoms with Gasteiger partial charge in [-0.25, -0.2) is 0 Å². The molecular formula is C39H43B. The van der Waals surface area contributed by atoms with E-state index in [1.54, 1.807) is 0 Å². The van der Waals surface area contributed by atoms with Crippen molar-refractivity contribution < 1.29 is 0 Å². The minimum atomic E-state index is -0.463. The van der Waals surface area contributed by atoms with Gasteiger partial charge in [-0.3, -0.25) is 0 Å². The van der Waals surface area contributed by atoms with E-state index >= 15 is 0 Å². The van der Waals surface area contributed by atoms with Crippen LogP contribution in [0.25, 0.3) is 22.3 Å². The summed E-state index contributed by atoms with van der Waals surface area (Å²) in [5.41, 5.74) is 16.4. The van der Waals surface area contributed by atoms with E-state index in [0.717, 1.165) is 12.8 Å². The van der Waals surface area contributed by atoms with Gasteiger partial charge in [-0.15, -0.1) is 0 Å². The van der Waals surface area contributed by atoms with E-state index in [0.29, 0.717) is 0 Å². The van der Waals surface area contributed by atoms with Gasteiger partial charge in [-0.05, 0) is 98.5 Å². The molecule has 0 heterocycles. The molecule has 0 saturated heterocycles. The van der Waals surface area contributed by atoms with Crippen molar-refractivity contribution in [2.24, 2.45) is 0 Å². The standard InChI is InChI=1S/C39H43B/c1-24-10-14-28-29-16-12-26(22-33(29)38(7,8)32(28)20-24)36(3,4)18-19-37(5,6)27-13-17-31-30-15-11-25(2)21-34(30)39(9,40)35(31)23-27/h10-17,20-23H,18-19H2,1-9H3. The largest absolute Gasteiger partial charge is 0.0871 e. The lowest BCUT2D eigenvalue weighted by Crippen LogP contribution is -2.26. The van der Waals surface area contributed by atoms with Gasteiger partial charge in [-0.2, -0.15) is 0 Å². The van der Waals surface area contributed by atoms with Crippen LogP contribution in [-0.2, 0) is 21.6 Å². The molecule has 2 aliphatic carbocycles. The Morgan fingerprint density at radius 2 is 0.875 bits per heavy atom. The first-order valence-corrected chi connectivity index (χ1v) is 14.9. The van der Waals surface area contributed by atoms with Crippen molar-refractivity contribution >= 4 is 7.85 Å². The lowest BCUT2D eigenvalue weighted by Gasteiger charge is -2.34. The summed E-state index contributed by atoms with van der Waals surface area (Å²) in [5, 5.41) is -0.463. The SMILES string of the molecule is [B]C1(C)c2cc(C)ccc2-c2ccc(C(C)(C)CCC(C)(C)c3ccc4c(c3)C(C)(C)c3cc(C)ccc3-4)cc21. The van der Waals surface area contributed by atoms with Crippen molar-refractivity contribution in [3.05, 3.63) is 117 Å². The zero-order valence-electron chi connectivity index (χ0n) is 25.9. The highest BCUT2D eigenvalue weighted by Gasteiger charge is 2.38. The van der Waals surface area contributed by atoms with E-state index in [4.69, 9.17) is 7.85 Å². The summed E-state index contributed by atoms with van der Waals surface area (Å²) in [7, 11) is 7.01. The Kier molecular flexibility index (Phi) is 5.92. The maximum Gasteiger partial charge on any atom is 0.0871 e. The third kappa shape index (κ3) is 4.03. The highest BCUT2D eigenvalue weighted by molar-refractivity contribution is 6.21. The van der Waals surface area contributed by atoms with Crippen molar-refractivity contribution in [1.29, 1.82) is 0 Å². The predicted octanol–water partition coefficient (Wildman–Crippen LogP) is 10.1. The Balaban J connectivity index is 1.27. The second-order valence-corrected chi connectivity index (χ2v) is 14.7. The number of aryl methyl sites for hydroxylation is 2. The summed E-state index contributed by atoms with van der Waals surface area (Å²) >= 11 is 0. The number of fused-ring (bicyclic) bond motifs is 6. The summed E-state index contributed by atoms with van der Waals surface area (Å²) in [6, 6.07) is 28.0. The quantitative estimate of drug-likeness (QED) is 0.229. The predicted molar refractivity (Wildman–Crippen MR) is 173 cm³/mol. The molecule has 0 aromatic heterocycles. The van der Waals surface area contributed by atoms with Crippen LogP contribution in [0.5, 0.6) is 0 Å². The molecule has 0 nitrogen and oxygen atoms in total. The second kappa shape index (κ2) is 8.72. The molecule has 0 amide bonds. The van der Waals surface area contributed by atoms with Crippen molar-refractivity contribution in [2.75, 3.05) is 0 Å². The van der Waals surface area contributed by atoms with Crippen LogP contribution in [0.1, 0.15) is 106 Å². The van der Waals surface area contributed by atoms with Gasteiger partial charge in [0.25, 0.3) is 0 Å². The van der Waals surface area contributed by atoms with E-state index in [2.05, 4.69) is 135 Å². The fourth-order valence-electron chi connectivity index (χ4n) is 7.28. The summed E-state index contributed by atoms with van der Waals surface area (Å²) < 4.78 is 0. The number of hydrogen-bond donors (Lipinski definition) is 0. The van der Waals surface area contributed by atoms with Gasteiger partial charge < -0.3 is 0 Å². The molecule has 1 heteroatoms. The lowest BCUT2D eigenvalue weighted by atomic mass is 9.63. The van der Waals surface area contributed by atoms with Crippen LogP contribution in [0.15, 0.2) is 72.8 Å². The van der Waals surface area contributed by atoms with Crippen LogP contribution >= 0.6 is 0 Å². The van der Waals surface area contributed by atoms with Gasteiger partial charge in [-0.1, -0.05) is 132 Å². The van der Waals surface area contributed by atoms with Gasteiger partial charge in [0.15, 0.2) is 0 Å². The van der Waals surface area contributed by atoms with Crippen LogP contribution in [0.2, 0.25) is 0 Å². The maximum atomic E-state index is 7.01. The van der Waals surface area contributed by atoms with Crippen LogP contribution in [0, 0.1) is 13.8 Å². The van der Waals surface area contributed by atoms with Crippen molar-refractivity contribution in [1.82, 2.24) is 0 Å². The van der Waals surface area contributed by atoms with Crippen LogP contribution in [0.4, 0.5) is 0 Å². The first-order valence-electron chi connectivity index (χ1n) is 14.9. The monoisotopic (exact) mass is 522 g/mol. The average molecular weight is 523 g/mol. The minimum Gasteiger partial charge on any atom is -0.0596 e. The van der Waals surface area contributed by atoms with Crippen molar-refractivity contribution in [2.45, 2.75) is 96.7 Å². The molecule has 0 spiro atoms. The molecule has 2 aliphatic rings. The van der Waals surface area contributed by atoms with Crippen LogP contribution in [0.3, 0.4) is 0 Å². The first kappa shape index (κ1) is 27.1.